The Morgan fingerprint density at radius 3 is 2.58 bits per heavy atom. The Hall–Kier alpha value is -2.53. The fraction of sp³-hybridized carbons (Fsp3) is 0.467. The standard InChI is InChI=1S/C15H16N2O8S/c1-25-15(20)10-4-2-9(17(21)22)7-13(10)26(23,24)16-8-3-5-12(16)11(6-8)14(18)19/h2,4,7-8,11-12H,3,5-6H2,1H3,(H,18,19). The summed E-state index contributed by atoms with van der Waals surface area (Å²) in [6.45, 7) is 0. The third-order valence-corrected chi connectivity index (χ3v) is 6.94. The van der Waals surface area contributed by atoms with Crippen molar-refractivity contribution in [2.45, 2.75) is 36.2 Å². The van der Waals surface area contributed by atoms with Crippen LogP contribution >= 0.6 is 0 Å². The molecule has 1 N–H and O–H groups in total. The quantitative estimate of drug-likeness (QED) is 0.450. The van der Waals surface area contributed by atoms with Crippen molar-refractivity contribution in [3.63, 3.8) is 0 Å². The molecule has 140 valence electrons. The number of rotatable bonds is 5. The minimum atomic E-state index is -4.32. The monoisotopic (exact) mass is 384 g/mol. The summed E-state index contributed by atoms with van der Waals surface area (Å²) in [4.78, 5) is 33.1. The Morgan fingerprint density at radius 1 is 1.35 bits per heavy atom. The summed E-state index contributed by atoms with van der Waals surface area (Å²) >= 11 is 0. The van der Waals surface area contributed by atoms with Crippen molar-refractivity contribution in [3.8, 4) is 0 Å². The molecule has 0 aliphatic carbocycles. The summed E-state index contributed by atoms with van der Waals surface area (Å²) in [7, 11) is -3.25. The van der Waals surface area contributed by atoms with E-state index in [9.17, 15) is 33.2 Å². The van der Waals surface area contributed by atoms with Crippen LogP contribution in [-0.4, -0.2) is 53.9 Å². The number of hydrogen-bond donors (Lipinski definition) is 1. The van der Waals surface area contributed by atoms with E-state index in [1.165, 1.54) is 0 Å². The van der Waals surface area contributed by atoms with E-state index < -0.39 is 55.5 Å². The van der Waals surface area contributed by atoms with Gasteiger partial charge in [-0.25, -0.2) is 13.2 Å². The minimum Gasteiger partial charge on any atom is -0.481 e. The van der Waals surface area contributed by atoms with E-state index in [0.29, 0.717) is 12.8 Å². The van der Waals surface area contributed by atoms with Crippen molar-refractivity contribution in [2.75, 3.05) is 7.11 Å². The Bertz CT molecular complexity index is 897. The fourth-order valence-corrected chi connectivity index (χ4v) is 5.93. The first-order valence-electron chi connectivity index (χ1n) is 7.81. The molecule has 26 heavy (non-hydrogen) atoms. The normalized spacial score (nSPS) is 25.2. The van der Waals surface area contributed by atoms with Crippen LogP contribution in [0.2, 0.25) is 0 Å². The first-order valence-corrected chi connectivity index (χ1v) is 9.25. The summed E-state index contributed by atoms with van der Waals surface area (Å²) in [6, 6.07) is 1.63. The lowest BCUT2D eigenvalue weighted by atomic mass is 9.89. The maximum atomic E-state index is 13.2. The smallest absolute Gasteiger partial charge is 0.339 e. The maximum Gasteiger partial charge on any atom is 0.339 e. The number of methoxy groups -OCH3 is 1. The van der Waals surface area contributed by atoms with E-state index in [1.54, 1.807) is 0 Å². The topological polar surface area (TPSA) is 144 Å². The van der Waals surface area contributed by atoms with Crippen LogP contribution in [-0.2, 0) is 19.6 Å². The second kappa shape index (κ2) is 6.32. The van der Waals surface area contributed by atoms with Gasteiger partial charge in [-0.1, -0.05) is 0 Å². The van der Waals surface area contributed by atoms with Crippen LogP contribution in [0, 0.1) is 16.0 Å². The molecular formula is C15H16N2O8S. The molecule has 2 aliphatic heterocycles. The summed E-state index contributed by atoms with van der Waals surface area (Å²) in [5, 5.41) is 20.3. The van der Waals surface area contributed by atoms with Crippen LogP contribution in [0.4, 0.5) is 5.69 Å². The van der Waals surface area contributed by atoms with Crippen LogP contribution in [0.5, 0.6) is 0 Å². The molecule has 2 bridgehead atoms. The Morgan fingerprint density at radius 2 is 2.04 bits per heavy atom. The number of nitro benzene ring substituents is 1. The molecule has 3 atom stereocenters. The molecule has 1 aromatic carbocycles. The molecule has 0 radical (unpaired) electrons. The van der Waals surface area contributed by atoms with Crippen LogP contribution in [0.3, 0.4) is 0 Å². The third-order valence-electron chi connectivity index (χ3n) is 4.93. The van der Waals surface area contributed by atoms with E-state index in [-0.39, 0.29) is 12.0 Å². The number of fused-ring (bicyclic) bond motifs is 2. The number of benzene rings is 1. The number of esters is 1. The summed E-state index contributed by atoms with van der Waals surface area (Å²) in [5.41, 5.74) is -0.811. The Kier molecular flexibility index (Phi) is 4.44. The van der Waals surface area contributed by atoms with Gasteiger partial charge in [0.1, 0.15) is 4.90 Å². The zero-order valence-corrected chi connectivity index (χ0v) is 14.5. The van der Waals surface area contributed by atoms with E-state index in [2.05, 4.69) is 4.74 Å². The molecule has 0 aromatic heterocycles. The number of nitrogens with zero attached hydrogens (tertiary/aromatic N) is 2. The molecule has 0 saturated carbocycles. The van der Waals surface area contributed by atoms with Crippen molar-refractivity contribution in [3.05, 3.63) is 33.9 Å². The molecular weight excluding hydrogens is 368 g/mol. The van der Waals surface area contributed by atoms with Gasteiger partial charge in [-0.05, 0) is 25.3 Å². The van der Waals surface area contributed by atoms with Gasteiger partial charge in [-0.15, -0.1) is 0 Å². The minimum absolute atomic E-state index is 0.182. The van der Waals surface area contributed by atoms with Crippen molar-refractivity contribution in [1.82, 2.24) is 4.31 Å². The summed E-state index contributed by atoms with van der Waals surface area (Å²) in [5.74, 6) is -2.85. The number of carboxylic acid groups (broad SMARTS) is 1. The lowest BCUT2D eigenvalue weighted by Crippen LogP contribution is -2.38. The molecule has 0 spiro atoms. The zero-order valence-electron chi connectivity index (χ0n) is 13.7. The van der Waals surface area contributed by atoms with Crippen LogP contribution in [0.25, 0.3) is 0 Å². The average molecular weight is 384 g/mol. The molecule has 2 heterocycles. The predicted octanol–water partition coefficient (Wildman–Crippen LogP) is 1.01. The molecule has 2 fully saturated rings. The van der Waals surface area contributed by atoms with Gasteiger partial charge >= 0.3 is 11.9 Å². The first-order chi connectivity index (χ1) is 12.2. The van der Waals surface area contributed by atoms with Gasteiger partial charge in [-0.3, -0.25) is 14.9 Å². The van der Waals surface area contributed by atoms with Crippen LogP contribution < -0.4 is 0 Å². The van der Waals surface area contributed by atoms with E-state index in [0.717, 1.165) is 29.6 Å². The number of sulfonamides is 1. The lowest BCUT2D eigenvalue weighted by molar-refractivity contribution is -0.385. The molecule has 1 aromatic rings. The van der Waals surface area contributed by atoms with E-state index >= 15 is 0 Å². The first kappa shape index (κ1) is 18.3. The van der Waals surface area contributed by atoms with Crippen molar-refractivity contribution < 1.29 is 32.8 Å². The van der Waals surface area contributed by atoms with Gasteiger partial charge in [0.25, 0.3) is 5.69 Å². The summed E-state index contributed by atoms with van der Waals surface area (Å²) < 4.78 is 32.0. The summed E-state index contributed by atoms with van der Waals surface area (Å²) in [6.07, 6.45) is 1.08. The number of carbonyl (C=O) groups is 2. The molecule has 3 rings (SSSR count). The highest BCUT2D eigenvalue weighted by Crippen LogP contribution is 2.45. The largest absolute Gasteiger partial charge is 0.481 e. The number of ether oxygens (including phenoxy) is 1. The highest BCUT2D eigenvalue weighted by atomic mass is 32.2. The highest BCUT2D eigenvalue weighted by molar-refractivity contribution is 7.89. The molecule has 10 nitrogen and oxygen atoms in total. The second-order valence-electron chi connectivity index (χ2n) is 6.24. The predicted molar refractivity (Wildman–Crippen MR) is 86.0 cm³/mol. The fourth-order valence-electron chi connectivity index (χ4n) is 3.81. The number of carboxylic acids is 1. The second-order valence-corrected chi connectivity index (χ2v) is 8.05. The molecule has 3 unspecified atom stereocenters. The van der Waals surface area contributed by atoms with Gasteiger partial charge in [-0.2, -0.15) is 4.31 Å². The number of hydrogen-bond acceptors (Lipinski definition) is 7. The van der Waals surface area contributed by atoms with Crippen LogP contribution in [0.1, 0.15) is 29.6 Å². The third kappa shape index (κ3) is 2.72. The maximum absolute atomic E-state index is 13.2. The van der Waals surface area contributed by atoms with Crippen LogP contribution in [0.15, 0.2) is 23.1 Å². The number of nitro groups is 1. The molecule has 11 heteroatoms. The highest BCUT2D eigenvalue weighted by Gasteiger charge is 2.55. The van der Waals surface area contributed by atoms with Crippen molar-refractivity contribution >= 4 is 27.6 Å². The van der Waals surface area contributed by atoms with Gasteiger partial charge < -0.3 is 9.84 Å². The zero-order chi connectivity index (χ0) is 19.2. The Labute approximate surface area is 148 Å². The SMILES string of the molecule is COC(=O)c1ccc([N+](=O)[O-])cc1S(=O)(=O)N1C2CCC1C(C(=O)O)C2. The molecule has 0 amide bonds. The van der Waals surface area contributed by atoms with Gasteiger partial charge in [0.2, 0.25) is 10.0 Å². The number of non-ortho nitro benzene ring substituents is 1. The average Bonchev–Trinajstić information content (AvgIpc) is 3.19. The van der Waals surface area contributed by atoms with Gasteiger partial charge in [0, 0.05) is 24.2 Å². The molecule has 2 aliphatic rings. The van der Waals surface area contributed by atoms with Gasteiger partial charge in [0.15, 0.2) is 0 Å². The van der Waals surface area contributed by atoms with E-state index in [1.807, 2.05) is 0 Å². The van der Waals surface area contributed by atoms with Crippen molar-refractivity contribution in [1.29, 1.82) is 0 Å². The molecule has 2 saturated heterocycles. The number of carbonyl (C=O) groups excluding carboxylic acids is 1. The lowest BCUT2D eigenvalue weighted by Gasteiger charge is -2.23. The van der Waals surface area contributed by atoms with Crippen molar-refractivity contribution in [2.24, 2.45) is 5.92 Å². The number of aliphatic carboxylic acids is 1. The Balaban J connectivity index is 2.12. The van der Waals surface area contributed by atoms with E-state index in [4.69, 9.17) is 0 Å². The van der Waals surface area contributed by atoms with Gasteiger partial charge in [0.05, 0.1) is 23.5 Å².